The monoisotopic (exact) mass is 270 g/mol. The standard InChI is InChI=1S/C10H7Cl2F3O/c11-6-2-1-3-7(12)9(6)8(16)4-5-10(13,14)15/h1-3H,4-5H2. The summed E-state index contributed by atoms with van der Waals surface area (Å²) in [4.78, 5) is 11.5. The first-order valence-corrected chi connectivity index (χ1v) is 5.11. The number of benzene rings is 1. The lowest BCUT2D eigenvalue weighted by Gasteiger charge is -2.07. The molecule has 0 atom stereocenters. The highest BCUT2D eigenvalue weighted by molar-refractivity contribution is 6.39. The third-order valence-electron chi connectivity index (χ3n) is 1.88. The van der Waals surface area contributed by atoms with Gasteiger partial charge in [0, 0.05) is 6.42 Å². The first kappa shape index (κ1) is 13.3. The van der Waals surface area contributed by atoms with Crippen molar-refractivity contribution in [3.63, 3.8) is 0 Å². The maximum absolute atomic E-state index is 11.9. The van der Waals surface area contributed by atoms with Crippen LogP contribution in [0.5, 0.6) is 0 Å². The summed E-state index contributed by atoms with van der Waals surface area (Å²) in [5.41, 5.74) is -0.0462. The predicted octanol–water partition coefficient (Wildman–Crippen LogP) is 4.52. The van der Waals surface area contributed by atoms with Crippen molar-refractivity contribution in [3.05, 3.63) is 33.8 Å². The van der Waals surface area contributed by atoms with Gasteiger partial charge >= 0.3 is 6.18 Å². The molecule has 16 heavy (non-hydrogen) atoms. The molecule has 0 unspecified atom stereocenters. The number of hydrogen-bond donors (Lipinski definition) is 0. The van der Waals surface area contributed by atoms with E-state index in [1.807, 2.05) is 0 Å². The molecule has 0 saturated heterocycles. The van der Waals surface area contributed by atoms with E-state index in [-0.39, 0.29) is 15.6 Å². The Bertz CT molecular complexity index is 381. The third-order valence-corrected chi connectivity index (χ3v) is 2.51. The van der Waals surface area contributed by atoms with E-state index in [9.17, 15) is 18.0 Å². The molecule has 1 aromatic carbocycles. The molecule has 0 spiro atoms. The van der Waals surface area contributed by atoms with Gasteiger partial charge in [0.05, 0.1) is 22.0 Å². The fourth-order valence-corrected chi connectivity index (χ4v) is 1.75. The van der Waals surface area contributed by atoms with E-state index in [2.05, 4.69) is 0 Å². The number of carbonyl (C=O) groups is 1. The number of hydrogen-bond acceptors (Lipinski definition) is 1. The van der Waals surface area contributed by atoms with Gasteiger partial charge < -0.3 is 0 Å². The van der Waals surface area contributed by atoms with Crippen molar-refractivity contribution in [3.8, 4) is 0 Å². The molecule has 0 radical (unpaired) electrons. The van der Waals surface area contributed by atoms with Gasteiger partial charge in [0.1, 0.15) is 0 Å². The zero-order valence-corrected chi connectivity index (χ0v) is 9.46. The molecule has 0 N–H and O–H groups in total. The summed E-state index contributed by atoms with van der Waals surface area (Å²) in [7, 11) is 0. The number of Topliss-reactive ketones (excluding diaryl/α,β-unsaturated/α-hetero) is 1. The smallest absolute Gasteiger partial charge is 0.294 e. The summed E-state index contributed by atoms with van der Waals surface area (Å²) in [6.45, 7) is 0. The van der Waals surface area contributed by atoms with Crippen LogP contribution in [0.4, 0.5) is 13.2 Å². The van der Waals surface area contributed by atoms with E-state index in [0.29, 0.717) is 0 Å². The quantitative estimate of drug-likeness (QED) is 0.739. The van der Waals surface area contributed by atoms with Gasteiger partial charge in [0.25, 0.3) is 0 Å². The predicted molar refractivity (Wildman–Crippen MR) is 56.1 cm³/mol. The van der Waals surface area contributed by atoms with E-state index in [1.165, 1.54) is 18.2 Å². The summed E-state index contributed by atoms with van der Waals surface area (Å²) in [5, 5.41) is 0.138. The molecule has 0 bridgehead atoms. The second-order valence-electron chi connectivity index (χ2n) is 3.14. The van der Waals surface area contributed by atoms with Gasteiger partial charge in [-0.1, -0.05) is 29.3 Å². The van der Waals surface area contributed by atoms with Gasteiger partial charge in [-0.3, -0.25) is 4.79 Å². The minimum absolute atomic E-state index is 0.0462. The summed E-state index contributed by atoms with van der Waals surface area (Å²) < 4.78 is 35.7. The Hall–Kier alpha value is -0.740. The average Bonchev–Trinajstić information content (AvgIpc) is 2.13. The molecule has 0 amide bonds. The Morgan fingerprint density at radius 2 is 1.69 bits per heavy atom. The minimum Gasteiger partial charge on any atom is -0.294 e. The van der Waals surface area contributed by atoms with Crippen molar-refractivity contribution in [2.75, 3.05) is 0 Å². The van der Waals surface area contributed by atoms with Crippen LogP contribution in [0.15, 0.2) is 18.2 Å². The van der Waals surface area contributed by atoms with Gasteiger partial charge in [0.2, 0.25) is 0 Å². The van der Waals surface area contributed by atoms with E-state index in [4.69, 9.17) is 23.2 Å². The van der Waals surface area contributed by atoms with Crippen LogP contribution in [0.1, 0.15) is 23.2 Å². The Labute approximate surface area is 100 Å². The molecule has 1 rings (SSSR count). The first-order chi connectivity index (χ1) is 7.31. The summed E-state index contributed by atoms with van der Waals surface area (Å²) in [5.74, 6) is -0.701. The van der Waals surface area contributed by atoms with E-state index in [1.54, 1.807) is 0 Å². The molecule has 0 saturated carbocycles. The number of carbonyl (C=O) groups excluding carboxylic acids is 1. The fraction of sp³-hybridized carbons (Fsp3) is 0.300. The highest BCUT2D eigenvalue weighted by atomic mass is 35.5. The van der Waals surface area contributed by atoms with Crippen LogP contribution < -0.4 is 0 Å². The van der Waals surface area contributed by atoms with Gasteiger partial charge in [-0.05, 0) is 12.1 Å². The lowest BCUT2D eigenvalue weighted by atomic mass is 10.1. The van der Waals surface area contributed by atoms with Crippen molar-refractivity contribution in [2.24, 2.45) is 0 Å². The van der Waals surface area contributed by atoms with E-state index >= 15 is 0 Å². The molecule has 0 aliphatic rings. The Morgan fingerprint density at radius 3 is 2.12 bits per heavy atom. The zero-order valence-electron chi connectivity index (χ0n) is 7.94. The summed E-state index contributed by atoms with van der Waals surface area (Å²) >= 11 is 11.4. The van der Waals surface area contributed by atoms with Crippen LogP contribution in [0.25, 0.3) is 0 Å². The maximum Gasteiger partial charge on any atom is 0.389 e. The second-order valence-corrected chi connectivity index (χ2v) is 3.95. The van der Waals surface area contributed by atoms with Crippen molar-refractivity contribution < 1.29 is 18.0 Å². The van der Waals surface area contributed by atoms with Crippen LogP contribution in [0.3, 0.4) is 0 Å². The van der Waals surface area contributed by atoms with E-state index < -0.39 is 24.8 Å². The number of halogens is 5. The average molecular weight is 271 g/mol. The SMILES string of the molecule is O=C(CCC(F)(F)F)c1c(Cl)cccc1Cl. The van der Waals surface area contributed by atoms with Gasteiger partial charge in [0.15, 0.2) is 5.78 Å². The topological polar surface area (TPSA) is 17.1 Å². The van der Waals surface area contributed by atoms with Crippen LogP contribution in [0, 0.1) is 0 Å². The molecule has 1 aromatic rings. The maximum atomic E-state index is 11.9. The summed E-state index contributed by atoms with van der Waals surface area (Å²) in [6, 6.07) is 4.34. The molecular formula is C10H7Cl2F3O. The zero-order chi connectivity index (χ0) is 12.3. The van der Waals surface area contributed by atoms with E-state index in [0.717, 1.165) is 0 Å². The number of alkyl halides is 3. The summed E-state index contributed by atoms with van der Waals surface area (Å²) in [6.07, 6.45) is -6.18. The van der Waals surface area contributed by atoms with Crippen LogP contribution in [0.2, 0.25) is 10.0 Å². The highest BCUT2D eigenvalue weighted by Crippen LogP contribution is 2.28. The lowest BCUT2D eigenvalue weighted by molar-refractivity contribution is -0.133. The van der Waals surface area contributed by atoms with Gasteiger partial charge in [-0.2, -0.15) is 13.2 Å². The molecule has 0 aliphatic heterocycles. The molecule has 0 fully saturated rings. The second kappa shape index (κ2) is 5.06. The largest absolute Gasteiger partial charge is 0.389 e. The highest BCUT2D eigenvalue weighted by Gasteiger charge is 2.29. The lowest BCUT2D eigenvalue weighted by Crippen LogP contribution is -2.11. The van der Waals surface area contributed by atoms with Gasteiger partial charge in [-0.25, -0.2) is 0 Å². The van der Waals surface area contributed by atoms with Crippen LogP contribution >= 0.6 is 23.2 Å². The molecule has 6 heteroatoms. The first-order valence-electron chi connectivity index (χ1n) is 4.35. The third kappa shape index (κ3) is 3.68. The fourth-order valence-electron chi connectivity index (χ4n) is 1.14. The molecule has 0 heterocycles. The number of rotatable bonds is 3. The van der Waals surface area contributed by atoms with Crippen LogP contribution in [-0.4, -0.2) is 12.0 Å². The molecule has 0 aliphatic carbocycles. The molecular weight excluding hydrogens is 264 g/mol. The molecule has 0 aromatic heterocycles. The minimum atomic E-state index is -4.36. The van der Waals surface area contributed by atoms with Crippen molar-refractivity contribution in [1.29, 1.82) is 0 Å². The van der Waals surface area contributed by atoms with Crippen molar-refractivity contribution >= 4 is 29.0 Å². The normalized spacial score (nSPS) is 11.6. The van der Waals surface area contributed by atoms with Crippen molar-refractivity contribution in [1.82, 2.24) is 0 Å². The Kier molecular flexibility index (Phi) is 4.21. The van der Waals surface area contributed by atoms with Gasteiger partial charge in [-0.15, -0.1) is 0 Å². The van der Waals surface area contributed by atoms with Crippen molar-refractivity contribution in [2.45, 2.75) is 19.0 Å². The molecule has 1 nitrogen and oxygen atoms in total. The molecule has 88 valence electrons. The Morgan fingerprint density at radius 1 is 1.19 bits per heavy atom. The number of ketones is 1. The van der Waals surface area contributed by atoms with Crippen LogP contribution in [-0.2, 0) is 0 Å². The Balaban J connectivity index is 2.81.